The van der Waals surface area contributed by atoms with Gasteiger partial charge in [-0.1, -0.05) is 12.1 Å². The number of alkyl halides is 3. The SMILES string of the molecule is CC1CCC(c2cccc(C(F)(F)F)c2)N1. The second-order valence-electron chi connectivity index (χ2n) is 4.32. The van der Waals surface area contributed by atoms with Crippen LogP contribution in [0.2, 0.25) is 0 Å². The van der Waals surface area contributed by atoms with Crippen molar-refractivity contribution in [1.82, 2.24) is 5.32 Å². The maximum atomic E-state index is 12.5. The Labute approximate surface area is 92.7 Å². The van der Waals surface area contributed by atoms with Crippen LogP contribution in [0.25, 0.3) is 0 Å². The van der Waals surface area contributed by atoms with Crippen LogP contribution in [0.15, 0.2) is 24.3 Å². The molecule has 1 aromatic rings. The predicted molar refractivity (Wildman–Crippen MR) is 56.0 cm³/mol. The van der Waals surface area contributed by atoms with Crippen molar-refractivity contribution in [1.29, 1.82) is 0 Å². The van der Waals surface area contributed by atoms with Crippen molar-refractivity contribution in [2.45, 2.75) is 38.0 Å². The zero-order valence-electron chi connectivity index (χ0n) is 9.01. The number of nitrogens with one attached hydrogen (secondary N) is 1. The monoisotopic (exact) mass is 229 g/mol. The van der Waals surface area contributed by atoms with Gasteiger partial charge < -0.3 is 5.32 Å². The molecule has 0 aromatic heterocycles. The maximum Gasteiger partial charge on any atom is 0.416 e. The number of rotatable bonds is 1. The van der Waals surface area contributed by atoms with E-state index in [0.29, 0.717) is 6.04 Å². The van der Waals surface area contributed by atoms with Gasteiger partial charge >= 0.3 is 6.18 Å². The highest BCUT2D eigenvalue weighted by atomic mass is 19.4. The van der Waals surface area contributed by atoms with E-state index in [9.17, 15) is 13.2 Å². The smallest absolute Gasteiger partial charge is 0.307 e. The van der Waals surface area contributed by atoms with Gasteiger partial charge in [0.25, 0.3) is 0 Å². The summed E-state index contributed by atoms with van der Waals surface area (Å²) in [4.78, 5) is 0. The van der Waals surface area contributed by atoms with Crippen molar-refractivity contribution in [3.63, 3.8) is 0 Å². The highest BCUT2D eigenvalue weighted by Gasteiger charge is 2.31. The molecule has 4 heteroatoms. The Hall–Kier alpha value is -1.03. The molecule has 0 amide bonds. The molecule has 0 radical (unpaired) electrons. The second kappa shape index (κ2) is 4.09. The Bertz CT molecular complexity index is 373. The van der Waals surface area contributed by atoms with Gasteiger partial charge in [0.05, 0.1) is 5.56 Å². The molecular formula is C12H14F3N. The van der Waals surface area contributed by atoms with Gasteiger partial charge in [0.15, 0.2) is 0 Å². The molecule has 1 N–H and O–H groups in total. The lowest BCUT2D eigenvalue weighted by molar-refractivity contribution is -0.137. The summed E-state index contributed by atoms with van der Waals surface area (Å²) in [7, 11) is 0. The van der Waals surface area contributed by atoms with Gasteiger partial charge in [-0.3, -0.25) is 0 Å². The minimum absolute atomic E-state index is 0.0669. The minimum Gasteiger partial charge on any atom is -0.307 e. The molecule has 1 fully saturated rings. The van der Waals surface area contributed by atoms with Crippen molar-refractivity contribution in [3.05, 3.63) is 35.4 Å². The molecule has 88 valence electrons. The lowest BCUT2D eigenvalue weighted by Crippen LogP contribution is -2.21. The molecule has 1 heterocycles. The van der Waals surface area contributed by atoms with Crippen molar-refractivity contribution < 1.29 is 13.2 Å². The van der Waals surface area contributed by atoms with Crippen molar-refractivity contribution >= 4 is 0 Å². The maximum absolute atomic E-state index is 12.5. The van der Waals surface area contributed by atoms with E-state index in [1.54, 1.807) is 6.07 Å². The van der Waals surface area contributed by atoms with Gasteiger partial charge in [0, 0.05) is 12.1 Å². The van der Waals surface area contributed by atoms with Crippen LogP contribution in [-0.4, -0.2) is 6.04 Å². The summed E-state index contributed by atoms with van der Waals surface area (Å²) in [5.41, 5.74) is 0.172. The molecule has 0 spiro atoms. The summed E-state index contributed by atoms with van der Waals surface area (Å²) in [5.74, 6) is 0. The van der Waals surface area contributed by atoms with Crippen molar-refractivity contribution in [2.24, 2.45) is 0 Å². The molecule has 2 atom stereocenters. The van der Waals surface area contributed by atoms with Gasteiger partial charge in [0.1, 0.15) is 0 Å². The fourth-order valence-corrected chi connectivity index (χ4v) is 2.12. The van der Waals surface area contributed by atoms with Crippen LogP contribution in [0, 0.1) is 0 Å². The Balaban J connectivity index is 2.23. The van der Waals surface area contributed by atoms with E-state index in [0.717, 1.165) is 24.5 Å². The molecule has 1 aromatic carbocycles. The molecule has 1 saturated heterocycles. The van der Waals surface area contributed by atoms with E-state index in [1.807, 2.05) is 6.92 Å². The van der Waals surface area contributed by atoms with Crippen LogP contribution in [-0.2, 0) is 6.18 Å². The van der Waals surface area contributed by atoms with Gasteiger partial charge in [0.2, 0.25) is 0 Å². The first-order chi connectivity index (χ1) is 7.47. The number of halogens is 3. The molecule has 0 saturated carbocycles. The second-order valence-corrected chi connectivity index (χ2v) is 4.32. The molecular weight excluding hydrogens is 215 g/mol. The molecule has 0 aliphatic carbocycles. The summed E-state index contributed by atoms with van der Waals surface area (Å²) in [6, 6.07) is 6.04. The third-order valence-electron chi connectivity index (χ3n) is 2.99. The summed E-state index contributed by atoms with van der Waals surface area (Å²) < 4.78 is 37.5. The van der Waals surface area contributed by atoms with Gasteiger partial charge in [-0.25, -0.2) is 0 Å². The molecule has 2 unspecified atom stereocenters. The summed E-state index contributed by atoms with van der Waals surface area (Å²) in [6.45, 7) is 2.05. The first-order valence-corrected chi connectivity index (χ1v) is 5.40. The van der Waals surface area contributed by atoms with Crippen LogP contribution >= 0.6 is 0 Å². The summed E-state index contributed by atoms with van der Waals surface area (Å²) in [5, 5.41) is 3.28. The highest BCUT2D eigenvalue weighted by molar-refractivity contribution is 5.28. The lowest BCUT2D eigenvalue weighted by Gasteiger charge is -2.14. The van der Waals surface area contributed by atoms with Gasteiger partial charge in [-0.05, 0) is 37.5 Å². The van der Waals surface area contributed by atoms with Crippen LogP contribution in [0.3, 0.4) is 0 Å². The van der Waals surface area contributed by atoms with Crippen LogP contribution in [0.1, 0.15) is 36.9 Å². The molecule has 1 aliphatic heterocycles. The van der Waals surface area contributed by atoms with E-state index in [2.05, 4.69) is 5.32 Å². The van der Waals surface area contributed by atoms with Crippen LogP contribution in [0.4, 0.5) is 13.2 Å². The third-order valence-corrected chi connectivity index (χ3v) is 2.99. The van der Waals surface area contributed by atoms with Gasteiger partial charge in [-0.15, -0.1) is 0 Å². The van der Waals surface area contributed by atoms with Crippen molar-refractivity contribution in [2.75, 3.05) is 0 Å². The topological polar surface area (TPSA) is 12.0 Å². The number of hydrogen-bond donors (Lipinski definition) is 1. The Kier molecular flexibility index (Phi) is 2.93. The normalized spacial score (nSPS) is 26.0. The average Bonchev–Trinajstić information content (AvgIpc) is 2.64. The minimum atomic E-state index is -4.25. The zero-order valence-corrected chi connectivity index (χ0v) is 9.01. The number of benzene rings is 1. The van der Waals surface area contributed by atoms with E-state index in [1.165, 1.54) is 12.1 Å². The Morgan fingerprint density at radius 2 is 2.00 bits per heavy atom. The summed E-state index contributed by atoms with van der Waals surface area (Å²) in [6.07, 6.45) is -2.33. The molecule has 2 rings (SSSR count). The number of hydrogen-bond acceptors (Lipinski definition) is 1. The first kappa shape index (κ1) is 11.5. The van der Waals surface area contributed by atoms with Gasteiger partial charge in [-0.2, -0.15) is 13.2 Å². The summed E-state index contributed by atoms with van der Waals surface area (Å²) >= 11 is 0. The molecule has 1 aliphatic rings. The van der Waals surface area contributed by atoms with E-state index < -0.39 is 11.7 Å². The standard InChI is InChI=1S/C12H14F3N/c1-8-5-6-11(16-8)9-3-2-4-10(7-9)12(13,14)15/h2-4,7-8,11,16H,5-6H2,1H3. The molecule has 0 bridgehead atoms. The largest absolute Gasteiger partial charge is 0.416 e. The average molecular weight is 229 g/mol. The fraction of sp³-hybridized carbons (Fsp3) is 0.500. The lowest BCUT2D eigenvalue weighted by atomic mass is 10.0. The molecule has 16 heavy (non-hydrogen) atoms. The van der Waals surface area contributed by atoms with E-state index >= 15 is 0 Å². The van der Waals surface area contributed by atoms with Crippen molar-refractivity contribution in [3.8, 4) is 0 Å². The third kappa shape index (κ3) is 2.38. The predicted octanol–water partition coefficient (Wildman–Crippen LogP) is 3.52. The Morgan fingerprint density at radius 1 is 1.25 bits per heavy atom. The molecule has 1 nitrogen and oxygen atoms in total. The quantitative estimate of drug-likeness (QED) is 0.777. The highest BCUT2D eigenvalue weighted by Crippen LogP contribution is 2.33. The van der Waals surface area contributed by atoms with Crippen LogP contribution in [0.5, 0.6) is 0 Å². The first-order valence-electron chi connectivity index (χ1n) is 5.40. The Morgan fingerprint density at radius 3 is 2.56 bits per heavy atom. The fourth-order valence-electron chi connectivity index (χ4n) is 2.12. The zero-order chi connectivity index (χ0) is 11.8. The van der Waals surface area contributed by atoms with E-state index in [-0.39, 0.29) is 6.04 Å². The van der Waals surface area contributed by atoms with Crippen LogP contribution < -0.4 is 5.32 Å². The van der Waals surface area contributed by atoms with E-state index in [4.69, 9.17) is 0 Å².